The number of hydrogen-bond acceptors (Lipinski definition) is 4. The van der Waals surface area contributed by atoms with Gasteiger partial charge in [0.05, 0.1) is 7.11 Å². The van der Waals surface area contributed by atoms with E-state index < -0.39 is 10.0 Å². The Morgan fingerprint density at radius 2 is 2.12 bits per heavy atom. The lowest BCUT2D eigenvalue weighted by Crippen LogP contribution is -2.16. The Labute approximate surface area is 95.7 Å². The highest BCUT2D eigenvalue weighted by Crippen LogP contribution is 2.23. The molecule has 1 aromatic rings. The highest BCUT2D eigenvalue weighted by molar-refractivity contribution is 7.89. The molecule has 0 aromatic heterocycles. The summed E-state index contributed by atoms with van der Waals surface area (Å²) < 4.78 is 27.6. The van der Waals surface area contributed by atoms with E-state index in [9.17, 15) is 8.42 Å². The number of hydrogen-bond donors (Lipinski definition) is 2. The average Bonchev–Trinajstić information content (AvgIpc) is 2.24. The largest absolute Gasteiger partial charge is 0.495 e. The number of ether oxygens (including phenoxy) is 1. The molecule has 0 unspecified atom stereocenters. The summed E-state index contributed by atoms with van der Waals surface area (Å²) in [4.78, 5) is 0.0189. The normalized spacial score (nSPS) is 11.4. The SMILES string of the molecule is CCNCc1ccc(OC)c(S(N)(=O)=O)c1. The third-order valence-corrected chi connectivity index (χ3v) is 3.05. The molecule has 1 aromatic carbocycles. The van der Waals surface area contributed by atoms with E-state index in [4.69, 9.17) is 9.88 Å². The first-order valence-electron chi connectivity index (χ1n) is 4.89. The molecular formula is C10H16N2O3S. The lowest BCUT2D eigenvalue weighted by atomic mass is 10.2. The van der Waals surface area contributed by atoms with Crippen molar-refractivity contribution in [3.05, 3.63) is 23.8 Å². The Hall–Kier alpha value is -1.11. The van der Waals surface area contributed by atoms with E-state index in [1.54, 1.807) is 12.1 Å². The molecule has 0 bridgehead atoms. The van der Waals surface area contributed by atoms with Crippen molar-refractivity contribution in [1.29, 1.82) is 0 Å². The molecule has 5 nitrogen and oxygen atoms in total. The molecule has 0 saturated heterocycles. The molecule has 0 heterocycles. The predicted octanol–water partition coefficient (Wildman–Crippen LogP) is 0.452. The first-order chi connectivity index (χ1) is 7.49. The number of primary sulfonamides is 1. The van der Waals surface area contributed by atoms with Crippen LogP contribution in [0.2, 0.25) is 0 Å². The van der Waals surface area contributed by atoms with Crippen LogP contribution in [-0.2, 0) is 16.6 Å². The van der Waals surface area contributed by atoms with Gasteiger partial charge in [-0.25, -0.2) is 13.6 Å². The summed E-state index contributed by atoms with van der Waals surface area (Å²) in [6.07, 6.45) is 0. The molecule has 16 heavy (non-hydrogen) atoms. The minimum absolute atomic E-state index is 0.0189. The number of nitrogens with one attached hydrogen (secondary N) is 1. The summed E-state index contributed by atoms with van der Waals surface area (Å²) in [5.74, 6) is 0.266. The quantitative estimate of drug-likeness (QED) is 0.788. The summed E-state index contributed by atoms with van der Waals surface area (Å²) in [5, 5.41) is 8.21. The minimum atomic E-state index is -3.75. The summed E-state index contributed by atoms with van der Waals surface area (Å²) in [6, 6.07) is 4.93. The van der Waals surface area contributed by atoms with Gasteiger partial charge in [0, 0.05) is 6.54 Å². The number of nitrogens with two attached hydrogens (primary N) is 1. The molecule has 0 aliphatic heterocycles. The molecular weight excluding hydrogens is 228 g/mol. The van der Waals surface area contributed by atoms with Gasteiger partial charge in [-0.05, 0) is 24.2 Å². The monoisotopic (exact) mass is 244 g/mol. The molecule has 0 atom stereocenters. The fourth-order valence-electron chi connectivity index (χ4n) is 1.32. The first-order valence-corrected chi connectivity index (χ1v) is 6.44. The molecule has 0 spiro atoms. The van der Waals surface area contributed by atoms with E-state index >= 15 is 0 Å². The summed E-state index contributed by atoms with van der Waals surface area (Å²) in [6.45, 7) is 3.39. The van der Waals surface area contributed by atoms with Crippen LogP contribution in [0.1, 0.15) is 12.5 Å². The zero-order valence-electron chi connectivity index (χ0n) is 9.36. The van der Waals surface area contributed by atoms with Crippen LogP contribution >= 0.6 is 0 Å². The molecule has 1 rings (SSSR count). The highest BCUT2D eigenvalue weighted by Gasteiger charge is 2.15. The number of benzene rings is 1. The van der Waals surface area contributed by atoms with Crippen LogP contribution < -0.4 is 15.2 Å². The second-order valence-corrected chi connectivity index (χ2v) is 4.84. The zero-order chi connectivity index (χ0) is 12.2. The van der Waals surface area contributed by atoms with Crippen molar-refractivity contribution in [3.8, 4) is 5.75 Å². The van der Waals surface area contributed by atoms with Crippen molar-refractivity contribution >= 4 is 10.0 Å². The molecule has 0 amide bonds. The van der Waals surface area contributed by atoms with Gasteiger partial charge >= 0.3 is 0 Å². The molecule has 0 aliphatic rings. The van der Waals surface area contributed by atoms with Gasteiger partial charge in [-0.1, -0.05) is 13.0 Å². The van der Waals surface area contributed by atoms with E-state index in [0.29, 0.717) is 6.54 Å². The van der Waals surface area contributed by atoms with Gasteiger partial charge in [0.2, 0.25) is 10.0 Å². The van der Waals surface area contributed by atoms with Crippen molar-refractivity contribution in [2.24, 2.45) is 5.14 Å². The third kappa shape index (κ3) is 3.19. The summed E-state index contributed by atoms with van der Waals surface area (Å²) >= 11 is 0. The second-order valence-electron chi connectivity index (χ2n) is 3.31. The molecule has 3 N–H and O–H groups in total. The molecule has 0 aliphatic carbocycles. The van der Waals surface area contributed by atoms with Crippen LogP contribution in [0.25, 0.3) is 0 Å². The van der Waals surface area contributed by atoms with Gasteiger partial charge < -0.3 is 10.1 Å². The van der Waals surface area contributed by atoms with Gasteiger partial charge in [0.15, 0.2) is 0 Å². The Balaban J connectivity index is 3.12. The zero-order valence-corrected chi connectivity index (χ0v) is 10.2. The van der Waals surface area contributed by atoms with Crippen molar-refractivity contribution in [1.82, 2.24) is 5.32 Å². The van der Waals surface area contributed by atoms with Gasteiger partial charge in [-0.15, -0.1) is 0 Å². The Kier molecular flexibility index (Phi) is 4.28. The maximum absolute atomic E-state index is 11.3. The van der Waals surface area contributed by atoms with Crippen molar-refractivity contribution in [2.45, 2.75) is 18.4 Å². The van der Waals surface area contributed by atoms with E-state index in [-0.39, 0.29) is 10.6 Å². The maximum atomic E-state index is 11.3. The van der Waals surface area contributed by atoms with Gasteiger partial charge in [0.1, 0.15) is 10.6 Å². The Morgan fingerprint density at radius 1 is 1.44 bits per heavy atom. The van der Waals surface area contributed by atoms with Crippen LogP contribution in [0.5, 0.6) is 5.75 Å². The molecule has 0 fully saturated rings. The molecule has 6 heteroatoms. The second kappa shape index (κ2) is 5.29. The van der Waals surface area contributed by atoms with Gasteiger partial charge in [0.25, 0.3) is 0 Å². The van der Waals surface area contributed by atoms with Gasteiger partial charge in [-0.3, -0.25) is 0 Å². The van der Waals surface area contributed by atoms with Crippen LogP contribution in [0.4, 0.5) is 0 Å². The number of sulfonamides is 1. The van der Waals surface area contributed by atoms with Crippen LogP contribution in [0.3, 0.4) is 0 Å². The van der Waals surface area contributed by atoms with Crippen LogP contribution in [0.15, 0.2) is 23.1 Å². The Bertz CT molecular complexity index is 457. The lowest BCUT2D eigenvalue weighted by molar-refractivity contribution is 0.402. The van der Waals surface area contributed by atoms with Crippen LogP contribution in [-0.4, -0.2) is 22.1 Å². The minimum Gasteiger partial charge on any atom is -0.495 e. The van der Waals surface area contributed by atoms with E-state index in [2.05, 4.69) is 5.32 Å². The van der Waals surface area contributed by atoms with Crippen molar-refractivity contribution in [3.63, 3.8) is 0 Å². The number of rotatable bonds is 5. The molecule has 90 valence electrons. The number of methoxy groups -OCH3 is 1. The fourth-order valence-corrected chi connectivity index (χ4v) is 2.07. The smallest absolute Gasteiger partial charge is 0.241 e. The Morgan fingerprint density at radius 3 is 2.62 bits per heavy atom. The summed E-state index contributed by atoms with van der Waals surface area (Å²) in [7, 11) is -2.34. The van der Waals surface area contributed by atoms with E-state index in [1.165, 1.54) is 13.2 Å². The van der Waals surface area contributed by atoms with Crippen molar-refractivity contribution < 1.29 is 13.2 Å². The molecule has 0 saturated carbocycles. The highest BCUT2D eigenvalue weighted by atomic mass is 32.2. The topological polar surface area (TPSA) is 81.4 Å². The summed E-state index contributed by atoms with van der Waals surface area (Å²) in [5.41, 5.74) is 0.853. The third-order valence-electron chi connectivity index (χ3n) is 2.11. The van der Waals surface area contributed by atoms with Crippen LogP contribution in [0, 0.1) is 0 Å². The fraction of sp³-hybridized carbons (Fsp3) is 0.400. The van der Waals surface area contributed by atoms with Crippen molar-refractivity contribution in [2.75, 3.05) is 13.7 Å². The lowest BCUT2D eigenvalue weighted by Gasteiger charge is -2.09. The predicted molar refractivity (Wildman–Crippen MR) is 61.7 cm³/mol. The van der Waals surface area contributed by atoms with E-state index in [0.717, 1.165) is 12.1 Å². The van der Waals surface area contributed by atoms with Gasteiger partial charge in [-0.2, -0.15) is 0 Å². The average molecular weight is 244 g/mol. The maximum Gasteiger partial charge on any atom is 0.241 e. The standard InChI is InChI=1S/C10H16N2O3S/c1-3-12-7-8-4-5-9(15-2)10(6-8)16(11,13)14/h4-6,12H,3,7H2,1-2H3,(H2,11,13,14). The first kappa shape index (κ1) is 13.0. The molecule has 0 radical (unpaired) electrons. The van der Waals surface area contributed by atoms with E-state index in [1.807, 2.05) is 6.92 Å².